The predicted octanol–water partition coefficient (Wildman–Crippen LogP) is 2.18. The van der Waals surface area contributed by atoms with Gasteiger partial charge in [-0.3, -0.25) is 0 Å². The Morgan fingerprint density at radius 2 is 2.21 bits per heavy atom. The van der Waals surface area contributed by atoms with Gasteiger partial charge < -0.3 is 14.2 Å². The van der Waals surface area contributed by atoms with Crippen LogP contribution in [0.2, 0.25) is 0 Å². The Kier molecular flexibility index (Phi) is 4.43. The molecule has 0 amide bonds. The third kappa shape index (κ3) is 3.01. The molecule has 1 rings (SSSR count). The Morgan fingerprint density at radius 1 is 1.43 bits per heavy atom. The second-order valence-electron chi connectivity index (χ2n) is 2.92. The molecule has 1 atom stereocenters. The van der Waals surface area contributed by atoms with Crippen molar-refractivity contribution in [2.45, 2.75) is 13.0 Å². The van der Waals surface area contributed by atoms with E-state index in [1.165, 1.54) is 0 Å². The maximum Gasteiger partial charge on any atom is 0.188 e. The lowest BCUT2D eigenvalue weighted by molar-refractivity contribution is 0.0505. The molecule has 3 nitrogen and oxygen atoms in total. The molecule has 0 fully saturated rings. The summed E-state index contributed by atoms with van der Waals surface area (Å²) in [5, 5.41) is 0. The van der Waals surface area contributed by atoms with Gasteiger partial charge in [0.1, 0.15) is 5.75 Å². The van der Waals surface area contributed by atoms with Crippen molar-refractivity contribution in [1.29, 1.82) is 0 Å². The molecule has 0 saturated heterocycles. The molecule has 0 saturated carbocycles. The Bertz CT molecular complexity index is 273. The number of rotatable bonds is 5. The molecule has 14 heavy (non-hydrogen) atoms. The van der Waals surface area contributed by atoms with Crippen LogP contribution >= 0.6 is 0 Å². The third-order valence-electron chi connectivity index (χ3n) is 1.95. The highest BCUT2D eigenvalue weighted by Gasteiger charge is 2.04. The molecule has 77 valence electrons. The van der Waals surface area contributed by atoms with Crippen molar-refractivity contribution < 1.29 is 14.2 Å². The molecule has 0 N–H and O–H groups in total. The van der Waals surface area contributed by atoms with Crippen LogP contribution in [0.4, 0.5) is 0 Å². The Hall–Kier alpha value is -1.06. The minimum Gasteiger partial charge on any atom is -0.467 e. The summed E-state index contributed by atoms with van der Waals surface area (Å²) in [5.74, 6) is 0.674. The fourth-order valence-corrected chi connectivity index (χ4v) is 1.06. The lowest BCUT2D eigenvalue weighted by atomic mass is 10.1. The zero-order valence-corrected chi connectivity index (χ0v) is 8.74. The fourth-order valence-electron chi connectivity index (χ4n) is 1.06. The molecule has 1 radical (unpaired) electrons. The molecule has 1 aromatic rings. The SMILES string of the molecule is COCOc1[c]ccc([C@H](C)OC)c1. The van der Waals surface area contributed by atoms with Crippen molar-refractivity contribution in [2.24, 2.45) is 0 Å². The molecule has 0 spiro atoms. The number of hydrogen-bond acceptors (Lipinski definition) is 3. The number of benzene rings is 1. The topological polar surface area (TPSA) is 27.7 Å². The van der Waals surface area contributed by atoms with Gasteiger partial charge in [-0.15, -0.1) is 0 Å². The van der Waals surface area contributed by atoms with Crippen LogP contribution in [-0.2, 0) is 9.47 Å². The summed E-state index contributed by atoms with van der Waals surface area (Å²) < 4.78 is 15.3. The van der Waals surface area contributed by atoms with Crippen LogP contribution in [0.15, 0.2) is 18.2 Å². The third-order valence-corrected chi connectivity index (χ3v) is 1.95. The summed E-state index contributed by atoms with van der Waals surface area (Å²) in [6.07, 6.45) is 0.0643. The highest BCUT2D eigenvalue weighted by molar-refractivity contribution is 5.28. The summed E-state index contributed by atoms with van der Waals surface area (Å²) >= 11 is 0. The minimum absolute atomic E-state index is 0.0643. The Labute approximate surface area is 84.6 Å². The summed E-state index contributed by atoms with van der Waals surface area (Å²) in [6, 6.07) is 8.63. The monoisotopic (exact) mass is 195 g/mol. The van der Waals surface area contributed by atoms with Crippen molar-refractivity contribution in [3.63, 3.8) is 0 Å². The van der Waals surface area contributed by atoms with Crippen LogP contribution in [0.5, 0.6) is 5.75 Å². The smallest absolute Gasteiger partial charge is 0.188 e. The van der Waals surface area contributed by atoms with Gasteiger partial charge in [0.25, 0.3) is 0 Å². The maximum atomic E-state index is 5.26. The Morgan fingerprint density at radius 3 is 2.86 bits per heavy atom. The standard InChI is InChI=1S/C11H15O3/c1-9(13-3)10-5-4-6-11(7-10)14-8-12-2/h4-5,7,9H,8H2,1-3H3/t9-/m0/s1. The summed E-state index contributed by atoms with van der Waals surface area (Å²) in [7, 11) is 3.26. The highest BCUT2D eigenvalue weighted by Crippen LogP contribution is 2.20. The fraction of sp³-hybridized carbons (Fsp3) is 0.455. The molecule has 1 aromatic carbocycles. The van der Waals surface area contributed by atoms with Gasteiger partial charge in [0.15, 0.2) is 6.79 Å². The summed E-state index contributed by atoms with van der Waals surface area (Å²) in [6.45, 7) is 2.22. The Balaban J connectivity index is 2.68. The van der Waals surface area contributed by atoms with E-state index in [4.69, 9.17) is 14.2 Å². The first-order chi connectivity index (χ1) is 6.77. The van der Waals surface area contributed by atoms with E-state index in [-0.39, 0.29) is 12.9 Å². The van der Waals surface area contributed by atoms with Crippen LogP contribution in [0, 0.1) is 6.07 Å². The molecule has 0 unspecified atom stereocenters. The molecular formula is C11H15O3. The van der Waals surface area contributed by atoms with E-state index in [1.807, 2.05) is 25.1 Å². The number of methoxy groups -OCH3 is 2. The van der Waals surface area contributed by atoms with Crippen LogP contribution in [0.1, 0.15) is 18.6 Å². The summed E-state index contributed by atoms with van der Waals surface area (Å²) in [4.78, 5) is 0. The number of ether oxygens (including phenoxy) is 3. The van der Waals surface area contributed by atoms with E-state index in [2.05, 4.69) is 6.07 Å². The van der Waals surface area contributed by atoms with Gasteiger partial charge in [0.2, 0.25) is 0 Å². The zero-order valence-electron chi connectivity index (χ0n) is 8.74. The molecule has 0 heterocycles. The van der Waals surface area contributed by atoms with Gasteiger partial charge in [-0.2, -0.15) is 0 Å². The average molecular weight is 195 g/mol. The van der Waals surface area contributed by atoms with E-state index in [0.29, 0.717) is 5.75 Å². The second kappa shape index (κ2) is 5.62. The minimum atomic E-state index is 0.0643. The van der Waals surface area contributed by atoms with Crippen molar-refractivity contribution in [3.8, 4) is 5.75 Å². The lowest BCUT2D eigenvalue weighted by Crippen LogP contribution is -2.01. The van der Waals surface area contributed by atoms with Crippen LogP contribution in [0.3, 0.4) is 0 Å². The summed E-state index contributed by atoms with van der Waals surface area (Å²) in [5.41, 5.74) is 1.07. The second-order valence-corrected chi connectivity index (χ2v) is 2.92. The zero-order chi connectivity index (χ0) is 10.4. The van der Waals surface area contributed by atoms with Crippen LogP contribution in [0.25, 0.3) is 0 Å². The normalized spacial score (nSPS) is 12.5. The predicted molar refractivity (Wildman–Crippen MR) is 53.2 cm³/mol. The van der Waals surface area contributed by atoms with E-state index >= 15 is 0 Å². The van der Waals surface area contributed by atoms with E-state index in [9.17, 15) is 0 Å². The van der Waals surface area contributed by atoms with Crippen molar-refractivity contribution in [1.82, 2.24) is 0 Å². The first-order valence-corrected chi connectivity index (χ1v) is 4.44. The van der Waals surface area contributed by atoms with Crippen molar-refractivity contribution in [2.75, 3.05) is 21.0 Å². The van der Waals surface area contributed by atoms with E-state index in [0.717, 1.165) is 5.56 Å². The average Bonchev–Trinajstić information content (AvgIpc) is 2.25. The van der Waals surface area contributed by atoms with Gasteiger partial charge in [-0.25, -0.2) is 0 Å². The lowest BCUT2D eigenvalue weighted by Gasteiger charge is -2.11. The van der Waals surface area contributed by atoms with Crippen molar-refractivity contribution >= 4 is 0 Å². The maximum absolute atomic E-state index is 5.26. The van der Waals surface area contributed by atoms with Gasteiger partial charge in [-0.05, 0) is 18.6 Å². The highest BCUT2D eigenvalue weighted by atomic mass is 16.7. The largest absolute Gasteiger partial charge is 0.467 e. The van der Waals surface area contributed by atoms with Gasteiger partial charge in [-0.1, -0.05) is 12.1 Å². The van der Waals surface area contributed by atoms with Gasteiger partial charge in [0.05, 0.1) is 6.10 Å². The molecule has 0 aliphatic heterocycles. The molecule has 0 aliphatic carbocycles. The quantitative estimate of drug-likeness (QED) is 0.674. The first-order valence-electron chi connectivity index (χ1n) is 4.44. The molecule has 0 aromatic heterocycles. The number of hydrogen-bond donors (Lipinski definition) is 0. The molecular weight excluding hydrogens is 180 g/mol. The van der Waals surface area contributed by atoms with Crippen molar-refractivity contribution in [3.05, 3.63) is 29.8 Å². The van der Waals surface area contributed by atoms with E-state index in [1.54, 1.807) is 14.2 Å². The molecule has 0 bridgehead atoms. The van der Waals surface area contributed by atoms with Gasteiger partial charge in [0, 0.05) is 20.3 Å². The van der Waals surface area contributed by atoms with Gasteiger partial charge >= 0.3 is 0 Å². The van der Waals surface area contributed by atoms with E-state index < -0.39 is 0 Å². The first kappa shape index (κ1) is 11.0. The molecule has 3 heteroatoms. The molecule has 0 aliphatic rings. The van der Waals surface area contributed by atoms with Crippen LogP contribution < -0.4 is 4.74 Å². The van der Waals surface area contributed by atoms with Crippen LogP contribution in [-0.4, -0.2) is 21.0 Å².